The van der Waals surface area contributed by atoms with E-state index in [1.165, 1.54) is 17.0 Å². The molecule has 30 heavy (non-hydrogen) atoms. The first-order valence-corrected chi connectivity index (χ1v) is 9.26. The van der Waals surface area contributed by atoms with Gasteiger partial charge in [-0.25, -0.2) is 14.4 Å². The number of nitrogen functional groups attached to an aromatic ring is 1. The number of methoxy groups -OCH3 is 1. The molecule has 0 saturated heterocycles. The summed E-state index contributed by atoms with van der Waals surface area (Å²) in [4.78, 5) is 23.0. The van der Waals surface area contributed by atoms with Gasteiger partial charge >= 0.3 is 0 Å². The minimum Gasteiger partial charge on any atom is -0.497 e. The lowest BCUT2D eigenvalue weighted by Crippen LogP contribution is -2.32. The van der Waals surface area contributed by atoms with E-state index in [1.807, 2.05) is 6.07 Å². The first-order valence-electron chi connectivity index (χ1n) is 9.26. The third kappa shape index (κ3) is 2.62. The fourth-order valence-corrected chi connectivity index (χ4v) is 3.81. The summed E-state index contributed by atoms with van der Waals surface area (Å²) in [5.41, 5.74) is 8.18. The van der Waals surface area contributed by atoms with Gasteiger partial charge in [-0.1, -0.05) is 0 Å². The van der Waals surface area contributed by atoms with Gasteiger partial charge in [0.25, 0.3) is 5.91 Å². The average molecular weight is 407 g/mol. The Labute approximate surface area is 170 Å². The van der Waals surface area contributed by atoms with E-state index in [0.29, 0.717) is 28.0 Å². The molecule has 8 nitrogen and oxygen atoms in total. The smallest absolute Gasteiger partial charge is 0.257 e. The molecule has 0 bridgehead atoms. The second kappa shape index (κ2) is 6.58. The molecule has 1 aliphatic rings. The van der Waals surface area contributed by atoms with Crippen molar-refractivity contribution in [3.8, 4) is 11.5 Å². The molecule has 1 atom stereocenters. The summed E-state index contributed by atoms with van der Waals surface area (Å²) in [5.74, 6) is 0.430. The molecule has 0 aliphatic carbocycles. The molecule has 2 aromatic carbocycles. The Kier molecular flexibility index (Phi) is 3.99. The summed E-state index contributed by atoms with van der Waals surface area (Å²) in [6.45, 7) is 0.282. The highest BCUT2D eigenvalue weighted by molar-refractivity contribution is 5.98. The molecule has 0 spiro atoms. The number of amides is 1. The molecule has 4 aromatic rings. The van der Waals surface area contributed by atoms with Gasteiger partial charge in [0.05, 0.1) is 42.3 Å². The van der Waals surface area contributed by atoms with Crippen molar-refractivity contribution in [1.82, 2.24) is 19.3 Å². The highest BCUT2D eigenvalue weighted by Gasteiger charge is 2.32. The molecule has 0 radical (unpaired) electrons. The number of benzene rings is 2. The van der Waals surface area contributed by atoms with Crippen molar-refractivity contribution in [3.63, 3.8) is 0 Å². The van der Waals surface area contributed by atoms with Gasteiger partial charge in [0, 0.05) is 24.7 Å². The number of rotatable bonds is 3. The molecule has 0 fully saturated rings. The largest absolute Gasteiger partial charge is 0.497 e. The molecule has 9 heteroatoms. The van der Waals surface area contributed by atoms with E-state index in [1.54, 1.807) is 43.2 Å². The Morgan fingerprint density at radius 1 is 1.33 bits per heavy atom. The van der Waals surface area contributed by atoms with Crippen LogP contribution in [0.4, 0.5) is 10.2 Å². The molecule has 2 aromatic heterocycles. The SMILES string of the molecule is COc1ccc2c(c1)OC[C@H]2N(C)C(=O)c1cc2c(cc1F)nc(N)c1cncn12. The van der Waals surface area contributed by atoms with Crippen molar-refractivity contribution >= 4 is 28.3 Å². The zero-order valence-corrected chi connectivity index (χ0v) is 16.3. The fourth-order valence-electron chi connectivity index (χ4n) is 3.81. The van der Waals surface area contributed by atoms with Gasteiger partial charge in [0.2, 0.25) is 0 Å². The second-order valence-corrected chi connectivity index (χ2v) is 7.11. The third-order valence-corrected chi connectivity index (χ3v) is 5.46. The van der Waals surface area contributed by atoms with Crippen LogP contribution in [0.2, 0.25) is 0 Å². The number of carbonyl (C=O) groups excluding carboxylic acids is 1. The number of imidazole rings is 1. The van der Waals surface area contributed by atoms with Crippen LogP contribution in [-0.4, -0.2) is 45.9 Å². The van der Waals surface area contributed by atoms with Crippen LogP contribution in [0.1, 0.15) is 22.0 Å². The standard InChI is InChI=1S/C21H18FN5O3/c1-26(18-9-30-19-5-11(29-2)3-4-12(18)19)21(28)13-6-16-15(7-14(13)22)25-20(23)17-8-24-10-27(16)17/h3-8,10,18H,9H2,1-2H3,(H2,23,25)/t18-/m1/s1. The molecule has 152 valence electrons. The monoisotopic (exact) mass is 407 g/mol. The van der Waals surface area contributed by atoms with Crippen LogP contribution in [-0.2, 0) is 0 Å². The lowest BCUT2D eigenvalue weighted by molar-refractivity contribution is 0.0704. The van der Waals surface area contributed by atoms with E-state index in [2.05, 4.69) is 9.97 Å². The van der Waals surface area contributed by atoms with Gasteiger partial charge < -0.3 is 20.1 Å². The van der Waals surface area contributed by atoms with E-state index in [0.717, 1.165) is 5.56 Å². The van der Waals surface area contributed by atoms with Crippen molar-refractivity contribution in [2.75, 3.05) is 26.5 Å². The predicted molar refractivity (Wildman–Crippen MR) is 108 cm³/mol. The Balaban J connectivity index is 1.55. The van der Waals surface area contributed by atoms with Crippen LogP contribution < -0.4 is 15.2 Å². The maximum absolute atomic E-state index is 14.9. The van der Waals surface area contributed by atoms with Gasteiger partial charge in [0.1, 0.15) is 35.3 Å². The first kappa shape index (κ1) is 18.2. The van der Waals surface area contributed by atoms with E-state index >= 15 is 0 Å². The van der Waals surface area contributed by atoms with E-state index in [4.69, 9.17) is 15.2 Å². The molecule has 3 heterocycles. The van der Waals surface area contributed by atoms with Gasteiger partial charge in [-0.3, -0.25) is 9.20 Å². The van der Waals surface area contributed by atoms with Crippen LogP contribution in [0.15, 0.2) is 42.9 Å². The number of nitrogens with two attached hydrogens (primary N) is 1. The van der Waals surface area contributed by atoms with Crippen molar-refractivity contribution in [1.29, 1.82) is 0 Å². The summed E-state index contributed by atoms with van der Waals surface area (Å²) in [7, 11) is 3.21. The zero-order valence-electron chi connectivity index (χ0n) is 16.3. The topological polar surface area (TPSA) is 95.0 Å². The van der Waals surface area contributed by atoms with Gasteiger partial charge in [-0.15, -0.1) is 0 Å². The lowest BCUT2D eigenvalue weighted by Gasteiger charge is -2.24. The fraction of sp³-hybridized carbons (Fsp3) is 0.190. The summed E-state index contributed by atoms with van der Waals surface area (Å²) in [6, 6.07) is 7.79. The minimum atomic E-state index is -0.667. The Bertz CT molecular complexity index is 1320. The maximum Gasteiger partial charge on any atom is 0.257 e. The molecular weight excluding hydrogens is 389 g/mol. The molecule has 0 unspecified atom stereocenters. The number of fused-ring (bicyclic) bond motifs is 4. The summed E-state index contributed by atoms with van der Waals surface area (Å²) < 4.78 is 27.5. The quantitative estimate of drug-likeness (QED) is 0.561. The summed E-state index contributed by atoms with van der Waals surface area (Å²) in [5, 5.41) is 0. The summed E-state index contributed by atoms with van der Waals surface area (Å²) >= 11 is 0. The van der Waals surface area contributed by atoms with Crippen molar-refractivity contribution in [2.24, 2.45) is 0 Å². The molecule has 0 saturated carbocycles. The van der Waals surface area contributed by atoms with Crippen LogP contribution in [0.3, 0.4) is 0 Å². The van der Waals surface area contributed by atoms with Crippen LogP contribution in [0, 0.1) is 5.82 Å². The second-order valence-electron chi connectivity index (χ2n) is 7.11. The number of likely N-dealkylation sites (N-methyl/N-ethyl adjacent to an activating group) is 1. The number of nitrogens with zero attached hydrogens (tertiary/aromatic N) is 4. The lowest BCUT2D eigenvalue weighted by atomic mass is 10.1. The number of anilines is 1. The Hall–Kier alpha value is -3.88. The van der Waals surface area contributed by atoms with Crippen LogP contribution in [0.5, 0.6) is 11.5 Å². The van der Waals surface area contributed by atoms with E-state index < -0.39 is 11.7 Å². The third-order valence-electron chi connectivity index (χ3n) is 5.46. The summed E-state index contributed by atoms with van der Waals surface area (Å²) in [6.07, 6.45) is 3.12. The van der Waals surface area contributed by atoms with Crippen molar-refractivity contribution < 1.29 is 18.7 Å². The van der Waals surface area contributed by atoms with Gasteiger partial charge in [0.15, 0.2) is 0 Å². The van der Waals surface area contributed by atoms with E-state index in [-0.39, 0.29) is 24.0 Å². The normalized spacial score (nSPS) is 15.2. The molecule has 2 N–H and O–H groups in total. The Morgan fingerprint density at radius 2 is 2.17 bits per heavy atom. The first-order chi connectivity index (χ1) is 14.5. The number of hydrogen-bond acceptors (Lipinski definition) is 6. The highest BCUT2D eigenvalue weighted by atomic mass is 19.1. The van der Waals surface area contributed by atoms with Crippen LogP contribution in [0.25, 0.3) is 16.6 Å². The van der Waals surface area contributed by atoms with Gasteiger partial charge in [-0.2, -0.15) is 0 Å². The minimum absolute atomic E-state index is 0.0615. The Morgan fingerprint density at radius 3 is 2.97 bits per heavy atom. The molecule has 1 aliphatic heterocycles. The molecular formula is C21H18FN5O3. The average Bonchev–Trinajstić information content (AvgIpc) is 3.39. The van der Waals surface area contributed by atoms with Crippen LogP contribution >= 0.6 is 0 Å². The number of carbonyl (C=O) groups is 1. The van der Waals surface area contributed by atoms with Crippen molar-refractivity contribution in [3.05, 3.63) is 59.8 Å². The molecule has 1 amide bonds. The van der Waals surface area contributed by atoms with Crippen molar-refractivity contribution in [2.45, 2.75) is 6.04 Å². The molecule has 5 rings (SSSR count). The number of ether oxygens (including phenoxy) is 2. The zero-order chi connectivity index (χ0) is 21.0. The number of hydrogen-bond donors (Lipinski definition) is 1. The predicted octanol–water partition coefficient (Wildman–Crippen LogP) is 2.82. The highest BCUT2D eigenvalue weighted by Crippen LogP contribution is 2.38. The van der Waals surface area contributed by atoms with E-state index in [9.17, 15) is 9.18 Å². The maximum atomic E-state index is 14.9. The number of aromatic nitrogens is 3. The number of halogens is 1. The van der Waals surface area contributed by atoms with Gasteiger partial charge in [-0.05, 0) is 18.2 Å².